The average molecular weight is 1230 g/mol. The molecule has 8 atom stereocenters. The topological polar surface area (TPSA) is 175 Å². The number of allylic oxidation sites excluding steroid dienone is 15. The second kappa shape index (κ2) is 63.7. The van der Waals surface area contributed by atoms with Crippen molar-refractivity contribution in [3.8, 4) is 0 Å². The Morgan fingerprint density at radius 1 is 0.455 bits per heavy atom. The van der Waals surface area contributed by atoms with Gasteiger partial charge in [-0.25, -0.2) is 0 Å². The number of unbranched alkanes of at least 4 members (excludes halogenated alkanes) is 34. The van der Waals surface area contributed by atoms with Crippen molar-refractivity contribution in [3.05, 3.63) is 97.2 Å². The van der Waals surface area contributed by atoms with Gasteiger partial charge >= 0.3 is 5.97 Å². The zero-order valence-electron chi connectivity index (χ0n) is 56.6. The predicted molar refractivity (Wildman–Crippen MR) is 370 cm³/mol. The van der Waals surface area contributed by atoms with Gasteiger partial charge in [-0.3, -0.25) is 9.59 Å². The molecule has 1 saturated heterocycles. The van der Waals surface area contributed by atoms with Crippen LogP contribution < -0.4 is 5.32 Å². The molecular formula is C77H135NO10. The fourth-order valence-corrected chi connectivity index (χ4v) is 11.0. The van der Waals surface area contributed by atoms with Crippen molar-refractivity contribution in [2.24, 2.45) is 0 Å². The molecule has 1 rings (SSSR count). The van der Waals surface area contributed by atoms with E-state index in [1.165, 1.54) is 161 Å². The van der Waals surface area contributed by atoms with E-state index in [1.807, 2.05) is 6.08 Å². The maximum Gasteiger partial charge on any atom is 0.306 e. The van der Waals surface area contributed by atoms with Crippen molar-refractivity contribution in [1.82, 2.24) is 5.32 Å². The summed E-state index contributed by atoms with van der Waals surface area (Å²) < 4.78 is 17.7. The number of carbonyl (C=O) groups excluding carboxylic acids is 2. The SMILES string of the molecule is CC/C=C\C/C=C\C/C=C\C/C=C\C/C=C\CCCCCCCCCCCC(=O)OC1C(OCC(NC(=O)C(O)CCCCCCCCCCCCCC/C=C\C/C=C\CCCCC)C(O)/C=C/CCCCCCCCCCCC)OC(CO)C(O)C1O. The summed E-state index contributed by atoms with van der Waals surface area (Å²) in [7, 11) is 0. The minimum absolute atomic E-state index is 0.112. The third-order valence-corrected chi connectivity index (χ3v) is 16.7. The molecule has 1 heterocycles. The molecule has 6 N–H and O–H groups in total. The van der Waals surface area contributed by atoms with E-state index in [9.17, 15) is 35.1 Å². The highest BCUT2D eigenvalue weighted by atomic mass is 16.7. The van der Waals surface area contributed by atoms with Gasteiger partial charge in [-0.05, 0) is 103 Å². The van der Waals surface area contributed by atoms with E-state index in [-0.39, 0.29) is 19.4 Å². The Labute approximate surface area is 539 Å². The van der Waals surface area contributed by atoms with Crippen LogP contribution in [0.15, 0.2) is 97.2 Å². The van der Waals surface area contributed by atoms with Crippen molar-refractivity contribution < 1.29 is 49.3 Å². The number of carbonyl (C=O) groups is 2. The number of aliphatic hydroxyl groups excluding tert-OH is 5. The summed E-state index contributed by atoms with van der Waals surface area (Å²) in [6.45, 7) is 5.68. The Kier molecular flexibility index (Phi) is 59.8. The summed E-state index contributed by atoms with van der Waals surface area (Å²) in [5.41, 5.74) is 0. The Bertz CT molecular complexity index is 1800. The number of aliphatic hydroxyl groups is 5. The Hall–Kier alpha value is -3.42. The lowest BCUT2D eigenvalue weighted by Gasteiger charge is -2.41. The molecule has 1 fully saturated rings. The van der Waals surface area contributed by atoms with Gasteiger partial charge in [0.05, 0.1) is 25.4 Å². The lowest BCUT2D eigenvalue weighted by Crippen LogP contribution is -2.61. The van der Waals surface area contributed by atoms with Crippen LogP contribution in [0.2, 0.25) is 0 Å². The highest BCUT2D eigenvalue weighted by molar-refractivity contribution is 5.80. The second-order valence-electron chi connectivity index (χ2n) is 24.9. The average Bonchev–Trinajstić information content (AvgIpc) is 2.54. The minimum Gasteiger partial charge on any atom is -0.454 e. The number of ether oxygens (including phenoxy) is 3. The van der Waals surface area contributed by atoms with Crippen molar-refractivity contribution in [2.75, 3.05) is 13.2 Å². The lowest BCUT2D eigenvalue weighted by atomic mass is 9.99. The van der Waals surface area contributed by atoms with Crippen LogP contribution in [-0.4, -0.2) is 99.6 Å². The van der Waals surface area contributed by atoms with Crippen LogP contribution in [0.4, 0.5) is 0 Å². The molecule has 0 aromatic carbocycles. The third-order valence-electron chi connectivity index (χ3n) is 16.7. The fourth-order valence-electron chi connectivity index (χ4n) is 11.0. The zero-order valence-corrected chi connectivity index (χ0v) is 56.6. The van der Waals surface area contributed by atoms with E-state index in [0.29, 0.717) is 12.8 Å². The monoisotopic (exact) mass is 1230 g/mol. The zero-order chi connectivity index (χ0) is 63.9. The molecule has 0 aromatic rings. The highest BCUT2D eigenvalue weighted by Gasteiger charge is 2.47. The summed E-state index contributed by atoms with van der Waals surface area (Å²) in [5.74, 6) is -1.20. The smallest absolute Gasteiger partial charge is 0.306 e. The first kappa shape index (κ1) is 82.6. The molecule has 508 valence electrons. The Morgan fingerprint density at radius 2 is 0.818 bits per heavy atom. The van der Waals surface area contributed by atoms with Gasteiger partial charge < -0.3 is 45.1 Å². The number of nitrogens with one attached hydrogen (secondary N) is 1. The molecule has 0 radical (unpaired) electrons. The largest absolute Gasteiger partial charge is 0.454 e. The maximum atomic E-state index is 13.5. The highest BCUT2D eigenvalue weighted by Crippen LogP contribution is 2.26. The molecule has 1 aliphatic heterocycles. The van der Waals surface area contributed by atoms with Gasteiger partial charge in [-0.1, -0.05) is 304 Å². The van der Waals surface area contributed by atoms with E-state index in [2.05, 4.69) is 111 Å². The number of rotatable bonds is 62. The summed E-state index contributed by atoms with van der Waals surface area (Å²) in [6, 6.07) is -1.03. The van der Waals surface area contributed by atoms with Crippen molar-refractivity contribution in [2.45, 2.75) is 365 Å². The summed E-state index contributed by atoms with van der Waals surface area (Å²) in [4.78, 5) is 26.7. The van der Waals surface area contributed by atoms with Gasteiger partial charge in [-0.2, -0.15) is 0 Å². The number of hydrogen-bond donors (Lipinski definition) is 6. The fraction of sp³-hybridized carbons (Fsp3) is 0.766. The Balaban J connectivity index is 2.56. The van der Waals surface area contributed by atoms with Crippen LogP contribution in [-0.2, 0) is 23.8 Å². The van der Waals surface area contributed by atoms with Crippen molar-refractivity contribution >= 4 is 11.9 Å². The van der Waals surface area contributed by atoms with Crippen molar-refractivity contribution in [1.29, 1.82) is 0 Å². The van der Waals surface area contributed by atoms with Crippen LogP contribution in [0.25, 0.3) is 0 Å². The number of amides is 1. The van der Waals surface area contributed by atoms with Crippen molar-refractivity contribution in [3.63, 3.8) is 0 Å². The van der Waals surface area contributed by atoms with Crippen LogP contribution >= 0.6 is 0 Å². The number of esters is 1. The van der Waals surface area contributed by atoms with Gasteiger partial charge in [-0.15, -0.1) is 0 Å². The molecule has 0 aliphatic carbocycles. The third kappa shape index (κ3) is 50.3. The Morgan fingerprint density at radius 3 is 1.25 bits per heavy atom. The van der Waals surface area contributed by atoms with E-state index < -0.39 is 67.4 Å². The normalized spacial score (nSPS) is 18.8. The van der Waals surface area contributed by atoms with Crippen LogP contribution in [0.3, 0.4) is 0 Å². The van der Waals surface area contributed by atoms with Crippen LogP contribution in [0.5, 0.6) is 0 Å². The molecule has 0 spiro atoms. The molecule has 11 heteroatoms. The van der Waals surface area contributed by atoms with Gasteiger partial charge in [0.25, 0.3) is 0 Å². The molecule has 88 heavy (non-hydrogen) atoms. The standard InChI is InChI=1S/C77H135NO10/c1-4-7-10-13-16-19-22-25-27-29-31-33-35-36-37-39-41-43-45-47-50-53-56-59-62-65-72(82)88-75-74(84)73(83)71(66-79)87-77(75)86-67-68(69(80)63-60-57-54-51-48-24-21-18-15-12-9-6-3)78-76(85)70(81)64-61-58-55-52-49-46-44-42-40-38-34-32-30-28-26-23-20-17-14-11-8-5-2/h7,10,16-17,19-20,25-28,31,33,36-37,60,63,68-71,73-75,77,79-81,83-84H,4-6,8-9,11-15,18,21-24,29-30,32,34-35,38-59,61-62,64-67H2,1-3H3,(H,78,85)/b10-7-,19-16-,20-17-,27-25-,28-26-,33-31-,37-36-,63-60+. The van der Waals surface area contributed by atoms with Gasteiger partial charge in [0.15, 0.2) is 12.4 Å². The summed E-state index contributed by atoms with van der Waals surface area (Å²) >= 11 is 0. The molecule has 8 unspecified atom stereocenters. The van der Waals surface area contributed by atoms with Gasteiger partial charge in [0.1, 0.15) is 24.4 Å². The van der Waals surface area contributed by atoms with Crippen LogP contribution in [0.1, 0.15) is 316 Å². The van der Waals surface area contributed by atoms with E-state index in [1.54, 1.807) is 6.08 Å². The summed E-state index contributed by atoms with van der Waals surface area (Å²) in [6.07, 6.45) is 75.8. The maximum absolute atomic E-state index is 13.5. The van der Waals surface area contributed by atoms with Crippen LogP contribution in [0, 0.1) is 0 Å². The first-order valence-electron chi connectivity index (χ1n) is 36.5. The van der Waals surface area contributed by atoms with E-state index >= 15 is 0 Å². The summed E-state index contributed by atoms with van der Waals surface area (Å²) in [5, 5.41) is 57.3. The molecule has 0 saturated carbocycles. The molecule has 1 amide bonds. The molecule has 0 aromatic heterocycles. The first-order chi connectivity index (χ1) is 43.2. The molecule has 0 bridgehead atoms. The molecular weight excluding hydrogens is 1100 g/mol. The van der Waals surface area contributed by atoms with Gasteiger partial charge in [0.2, 0.25) is 5.91 Å². The first-order valence-corrected chi connectivity index (χ1v) is 36.5. The molecule has 1 aliphatic rings. The van der Waals surface area contributed by atoms with E-state index in [4.69, 9.17) is 14.2 Å². The predicted octanol–water partition coefficient (Wildman–Crippen LogP) is 19.0. The quantitative estimate of drug-likeness (QED) is 0.0195. The van der Waals surface area contributed by atoms with E-state index in [0.717, 1.165) is 109 Å². The van der Waals surface area contributed by atoms with Gasteiger partial charge in [0, 0.05) is 6.42 Å². The lowest BCUT2D eigenvalue weighted by molar-refractivity contribution is -0.305. The molecule has 11 nitrogen and oxygen atoms in total. The minimum atomic E-state index is -1.62. The second-order valence-corrected chi connectivity index (χ2v) is 24.9. The number of hydrogen-bond acceptors (Lipinski definition) is 10.